The van der Waals surface area contributed by atoms with Crippen LogP contribution in [0.1, 0.15) is 32.6 Å². The molecule has 1 heterocycles. The average molecular weight is 322 g/mol. The van der Waals surface area contributed by atoms with Gasteiger partial charge in [0.15, 0.2) is 0 Å². The van der Waals surface area contributed by atoms with Crippen LogP contribution >= 0.6 is 23.1 Å². The Labute approximate surface area is 130 Å². The topological polar surface area (TPSA) is 73.1 Å². The van der Waals surface area contributed by atoms with Gasteiger partial charge in [-0.1, -0.05) is 24.3 Å². The molecular weight excluding hydrogens is 308 g/mol. The fourth-order valence-corrected chi connectivity index (χ4v) is 5.13. The number of aromatic nitrogens is 1. The predicted octanol–water partition coefficient (Wildman–Crippen LogP) is 3.61. The van der Waals surface area contributed by atoms with E-state index in [1.165, 1.54) is 0 Å². The van der Waals surface area contributed by atoms with Crippen LogP contribution in [-0.4, -0.2) is 20.9 Å². The molecule has 1 atom stereocenters. The van der Waals surface area contributed by atoms with Gasteiger partial charge in [-0.25, -0.2) is 4.98 Å². The first kappa shape index (κ1) is 14.5. The highest BCUT2D eigenvalue weighted by atomic mass is 32.2. The van der Waals surface area contributed by atoms with E-state index in [0.29, 0.717) is 17.2 Å². The summed E-state index contributed by atoms with van der Waals surface area (Å²) in [4.78, 5) is 26.9. The number of allylic oxidation sites excluding steroid dienone is 4. The Morgan fingerprint density at radius 1 is 1.52 bits per heavy atom. The SMILES string of the molecule is CCC1=C([N+](=O)[O-])C(=O)CC2=C1CC(Sc1nccs1)C2. The van der Waals surface area contributed by atoms with E-state index in [1.807, 2.05) is 12.3 Å². The number of nitro groups is 1. The molecule has 1 aromatic rings. The summed E-state index contributed by atoms with van der Waals surface area (Å²) in [5, 5.41) is 13.4. The maximum Gasteiger partial charge on any atom is 0.315 e. The number of carbonyl (C=O) groups is 1. The Morgan fingerprint density at radius 2 is 2.33 bits per heavy atom. The largest absolute Gasteiger partial charge is 0.315 e. The van der Waals surface area contributed by atoms with Crippen LogP contribution in [0.5, 0.6) is 0 Å². The minimum Gasteiger partial charge on any atom is -0.287 e. The van der Waals surface area contributed by atoms with E-state index in [9.17, 15) is 14.9 Å². The normalized spacial score (nSPS) is 22.0. The lowest BCUT2D eigenvalue weighted by atomic mass is 9.88. The molecule has 3 rings (SSSR count). The molecule has 2 aliphatic carbocycles. The maximum absolute atomic E-state index is 12.0. The van der Waals surface area contributed by atoms with Gasteiger partial charge in [-0.2, -0.15) is 0 Å². The van der Waals surface area contributed by atoms with Gasteiger partial charge in [-0.15, -0.1) is 11.3 Å². The fraction of sp³-hybridized carbons (Fsp3) is 0.429. The number of Topliss-reactive ketones (excluding diaryl/α,β-unsaturated/α-hetero) is 1. The molecule has 21 heavy (non-hydrogen) atoms. The van der Waals surface area contributed by atoms with E-state index in [4.69, 9.17) is 0 Å². The van der Waals surface area contributed by atoms with Gasteiger partial charge in [-0.05, 0) is 24.8 Å². The summed E-state index contributed by atoms with van der Waals surface area (Å²) in [7, 11) is 0. The van der Waals surface area contributed by atoms with Crippen molar-refractivity contribution in [2.24, 2.45) is 0 Å². The second kappa shape index (κ2) is 5.73. The van der Waals surface area contributed by atoms with Crippen LogP contribution in [-0.2, 0) is 4.79 Å². The van der Waals surface area contributed by atoms with E-state index in [-0.39, 0.29) is 17.9 Å². The third-order valence-electron chi connectivity index (χ3n) is 3.83. The lowest BCUT2D eigenvalue weighted by molar-refractivity contribution is -0.420. The summed E-state index contributed by atoms with van der Waals surface area (Å²) in [5.41, 5.74) is 2.61. The van der Waals surface area contributed by atoms with Crippen molar-refractivity contribution < 1.29 is 9.72 Å². The van der Waals surface area contributed by atoms with Crippen LogP contribution < -0.4 is 0 Å². The zero-order valence-corrected chi connectivity index (χ0v) is 13.1. The molecule has 0 N–H and O–H groups in total. The molecule has 2 aliphatic rings. The summed E-state index contributed by atoms with van der Waals surface area (Å²) in [6.07, 6.45) is 4.16. The van der Waals surface area contributed by atoms with Gasteiger partial charge in [0, 0.05) is 28.8 Å². The van der Waals surface area contributed by atoms with E-state index in [0.717, 1.165) is 28.3 Å². The standard InChI is InChI=1S/C14H14N2O3S2/c1-2-10-11-7-9(21-14-15-3-4-20-14)5-8(11)6-12(17)13(10)16(18)19/h3-4,9H,2,5-7H2,1H3. The molecule has 0 radical (unpaired) electrons. The molecule has 0 aromatic carbocycles. The first-order valence-electron chi connectivity index (χ1n) is 6.78. The van der Waals surface area contributed by atoms with Crippen LogP contribution in [0.2, 0.25) is 0 Å². The van der Waals surface area contributed by atoms with Gasteiger partial charge in [0.2, 0.25) is 5.78 Å². The fourth-order valence-electron chi connectivity index (χ4n) is 3.03. The van der Waals surface area contributed by atoms with Crippen LogP contribution in [0, 0.1) is 10.1 Å². The molecule has 0 saturated heterocycles. The van der Waals surface area contributed by atoms with Crippen molar-refractivity contribution in [3.63, 3.8) is 0 Å². The zero-order chi connectivity index (χ0) is 15.0. The smallest absolute Gasteiger partial charge is 0.287 e. The lowest BCUT2D eigenvalue weighted by Crippen LogP contribution is -2.19. The van der Waals surface area contributed by atoms with Crippen LogP contribution in [0.3, 0.4) is 0 Å². The molecule has 1 unspecified atom stereocenters. The van der Waals surface area contributed by atoms with E-state index < -0.39 is 4.92 Å². The van der Waals surface area contributed by atoms with E-state index >= 15 is 0 Å². The Morgan fingerprint density at radius 3 is 2.95 bits per heavy atom. The molecule has 110 valence electrons. The van der Waals surface area contributed by atoms with Gasteiger partial charge in [-0.3, -0.25) is 14.9 Å². The molecule has 0 amide bonds. The third-order valence-corrected chi connectivity index (χ3v) is 5.95. The van der Waals surface area contributed by atoms with Crippen molar-refractivity contribution in [3.8, 4) is 0 Å². The van der Waals surface area contributed by atoms with Gasteiger partial charge < -0.3 is 0 Å². The maximum atomic E-state index is 12.0. The highest BCUT2D eigenvalue weighted by Gasteiger charge is 2.39. The van der Waals surface area contributed by atoms with Crippen molar-refractivity contribution in [2.45, 2.75) is 42.2 Å². The summed E-state index contributed by atoms with van der Waals surface area (Å²) < 4.78 is 1.02. The quantitative estimate of drug-likeness (QED) is 0.625. The average Bonchev–Trinajstić information content (AvgIpc) is 3.06. The molecule has 5 nitrogen and oxygen atoms in total. The summed E-state index contributed by atoms with van der Waals surface area (Å²) >= 11 is 3.31. The van der Waals surface area contributed by atoms with Crippen LogP contribution in [0.4, 0.5) is 0 Å². The zero-order valence-electron chi connectivity index (χ0n) is 11.5. The van der Waals surface area contributed by atoms with Gasteiger partial charge in [0.1, 0.15) is 4.34 Å². The van der Waals surface area contributed by atoms with Gasteiger partial charge in [0.05, 0.1) is 4.92 Å². The van der Waals surface area contributed by atoms with Crippen LogP contribution in [0.15, 0.2) is 38.3 Å². The van der Waals surface area contributed by atoms with Gasteiger partial charge in [0.25, 0.3) is 0 Å². The highest BCUT2D eigenvalue weighted by molar-refractivity contribution is 8.01. The molecular formula is C14H14N2O3S2. The molecule has 0 fully saturated rings. The number of carbonyl (C=O) groups excluding carboxylic acids is 1. The summed E-state index contributed by atoms with van der Waals surface area (Å²) in [5.74, 6) is -0.338. The van der Waals surface area contributed by atoms with E-state index in [1.54, 1.807) is 29.3 Å². The first-order valence-corrected chi connectivity index (χ1v) is 8.54. The molecule has 0 bridgehead atoms. The minimum absolute atomic E-state index is 0.184. The Balaban J connectivity index is 1.85. The number of hydrogen-bond donors (Lipinski definition) is 0. The number of thiazole rings is 1. The Hall–Kier alpha value is -1.47. The molecule has 7 heteroatoms. The van der Waals surface area contributed by atoms with Crippen LogP contribution in [0.25, 0.3) is 0 Å². The number of nitrogens with zero attached hydrogens (tertiary/aromatic N) is 2. The van der Waals surface area contributed by atoms with Crippen molar-refractivity contribution >= 4 is 28.9 Å². The number of hydrogen-bond acceptors (Lipinski definition) is 6. The lowest BCUT2D eigenvalue weighted by Gasteiger charge is -2.15. The summed E-state index contributed by atoms with van der Waals surface area (Å²) in [6, 6.07) is 0. The second-order valence-corrected chi connectivity index (χ2v) is 7.51. The summed E-state index contributed by atoms with van der Waals surface area (Å²) in [6.45, 7) is 1.88. The predicted molar refractivity (Wildman–Crippen MR) is 82.0 cm³/mol. The monoisotopic (exact) mass is 322 g/mol. The number of thioether (sulfide) groups is 1. The number of rotatable bonds is 4. The first-order chi connectivity index (χ1) is 10.1. The van der Waals surface area contributed by atoms with Crippen molar-refractivity contribution in [1.29, 1.82) is 0 Å². The molecule has 0 spiro atoms. The third kappa shape index (κ3) is 2.67. The van der Waals surface area contributed by atoms with Crippen molar-refractivity contribution in [2.75, 3.05) is 0 Å². The van der Waals surface area contributed by atoms with E-state index in [2.05, 4.69) is 4.98 Å². The molecule has 0 saturated carbocycles. The van der Waals surface area contributed by atoms with Gasteiger partial charge >= 0.3 is 5.70 Å². The molecule has 0 aliphatic heterocycles. The Bertz CT molecular complexity index is 662. The number of ketones is 1. The van der Waals surface area contributed by atoms with Crippen molar-refractivity contribution in [3.05, 3.63) is 44.1 Å². The second-order valence-electron chi connectivity index (χ2n) is 5.07. The molecule has 1 aromatic heterocycles. The minimum atomic E-state index is -0.508. The Kier molecular flexibility index (Phi) is 3.95. The highest BCUT2D eigenvalue weighted by Crippen LogP contribution is 2.46. The van der Waals surface area contributed by atoms with Crippen molar-refractivity contribution in [1.82, 2.24) is 4.98 Å².